The molecule has 0 fully saturated rings. The Bertz CT molecular complexity index is 485. The van der Waals surface area contributed by atoms with Gasteiger partial charge in [-0.2, -0.15) is 0 Å². The topological polar surface area (TPSA) is 34.2 Å². The van der Waals surface area contributed by atoms with Crippen LogP contribution in [0.1, 0.15) is 24.1 Å². The Morgan fingerprint density at radius 1 is 1.22 bits per heavy atom. The van der Waals surface area contributed by atoms with Crippen molar-refractivity contribution in [3.05, 3.63) is 59.9 Å². The molecule has 0 spiro atoms. The zero-order chi connectivity index (χ0) is 12.8. The van der Waals surface area contributed by atoms with Gasteiger partial charge in [0, 0.05) is 11.8 Å². The summed E-state index contributed by atoms with van der Waals surface area (Å²) in [5.74, 6) is 0.812. The average Bonchev–Trinajstić information content (AvgIpc) is 2.46. The highest BCUT2D eigenvalue weighted by molar-refractivity contribution is 5.39. The van der Waals surface area contributed by atoms with E-state index >= 15 is 0 Å². The van der Waals surface area contributed by atoms with Crippen LogP contribution in [-0.2, 0) is 0 Å². The first kappa shape index (κ1) is 12.6. The van der Waals surface area contributed by atoms with Gasteiger partial charge in [-0.05, 0) is 18.2 Å². The van der Waals surface area contributed by atoms with E-state index in [2.05, 4.69) is 29.4 Å². The van der Waals surface area contributed by atoms with Gasteiger partial charge in [0.25, 0.3) is 0 Å². The van der Waals surface area contributed by atoms with Crippen LogP contribution in [0, 0.1) is 0 Å². The summed E-state index contributed by atoms with van der Waals surface area (Å²) >= 11 is 0. The van der Waals surface area contributed by atoms with Crippen molar-refractivity contribution < 1.29 is 4.74 Å². The summed E-state index contributed by atoms with van der Waals surface area (Å²) in [5, 5.41) is 3.48. The largest absolute Gasteiger partial charge is 0.495 e. The molecule has 1 aromatic heterocycles. The van der Waals surface area contributed by atoms with Crippen LogP contribution < -0.4 is 10.1 Å². The molecule has 1 N–H and O–H groups in total. The molecule has 2 rings (SSSR count). The minimum Gasteiger partial charge on any atom is -0.495 e. The van der Waals surface area contributed by atoms with Gasteiger partial charge in [-0.1, -0.05) is 37.3 Å². The van der Waals surface area contributed by atoms with Crippen molar-refractivity contribution >= 4 is 0 Å². The van der Waals surface area contributed by atoms with Crippen LogP contribution in [0.4, 0.5) is 0 Å². The summed E-state index contributed by atoms with van der Waals surface area (Å²) < 4.78 is 5.39. The number of aromatic nitrogens is 1. The maximum Gasteiger partial charge on any atom is 0.142 e. The molecular weight excluding hydrogens is 224 g/mol. The molecular formula is C15H18N2O. The number of hydrogen-bond donors (Lipinski definition) is 1. The molecule has 0 radical (unpaired) electrons. The monoisotopic (exact) mass is 242 g/mol. The van der Waals surface area contributed by atoms with Crippen molar-refractivity contribution in [3.63, 3.8) is 0 Å². The quantitative estimate of drug-likeness (QED) is 0.875. The lowest BCUT2D eigenvalue weighted by Gasteiger charge is -2.20. The molecule has 0 saturated heterocycles. The summed E-state index contributed by atoms with van der Waals surface area (Å²) in [4.78, 5) is 4.10. The van der Waals surface area contributed by atoms with Crippen molar-refractivity contribution in [1.82, 2.24) is 10.3 Å². The first-order valence-corrected chi connectivity index (χ1v) is 6.13. The second kappa shape index (κ2) is 6.17. The molecule has 3 heteroatoms. The molecule has 0 aliphatic heterocycles. The number of hydrogen-bond acceptors (Lipinski definition) is 3. The minimum atomic E-state index is 0.133. The highest BCUT2D eigenvalue weighted by Crippen LogP contribution is 2.28. The van der Waals surface area contributed by atoms with Crippen LogP contribution in [-0.4, -0.2) is 18.6 Å². The number of rotatable bonds is 5. The van der Waals surface area contributed by atoms with Gasteiger partial charge in [0.2, 0.25) is 0 Å². The van der Waals surface area contributed by atoms with E-state index in [9.17, 15) is 0 Å². The summed E-state index contributed by atoms with van der Waals surface area (Å²) in [6.45, 7) is 2.99. The van der Waals surface area contributed by atoms with E-state index in [1.54, 1.807) is 19.5 Å². The zero-order valence-corrected chi connectivity index (χ0v) is 10.8. The summed E-state index contributed by atoms with van der Waals surface area (Å²) in [6.07, 6.45) is 3.55. The number of pyridine rings is 1. The molecule has 1 heterocycles. The van der Waals surface area contributed by atoms with Crippen molar-refractivity contribution in [2.24, 2.45) is 0 Å². The molecule has 1 aromatic carbocycles. The van der Waals surface area contributed by atoms with Crippen molar-refractivity contribution in [3.8, 4) is 5.75 Å². The third-order valence-corrected chi connectivity index (χ3v) is 2.89. The third kappa shape index (κ3) is 2.68. The predicted molar refractivity (Wildman–Crippen MR) is 72.8 cm³/mol. The molecule has 3 nitrogen and oxygen atoms in total. The molecule has 0 aliphatic rings. The van der Waals surface area contributed by atoms with Crippen molar-refractivity contribution in [1.29, 1.82) is 0 Å². The molecule has 1 atom stereocenters. The van der Waals surface area contributed by atoms with E-state index in [4.69, 9.17) is 4.74 Å². The normalized spacial score (nSPS) is 12.1. The number of methoxy groups -OCH3 is 1. The minimum absolute atomic E-state index is 0.133. The predicted octanol–water partition coefficient (Wildman–Crippen LogP) is 2.79. The van der Waals surface area contributed by atoms with Crippen LogP contribution in [0.15, 0.2) is 48.8 Å². The van der Waals surface area contributed by atoms with Gasteiger partial charge in [0.15, 0.2) is 0 Å². The fourth-order valence-electron chi connectivity index (χ4n) is 2.06. The Hall–Kier alpha value is -1.87. The molecule has 0 aliphatic carbocycles. The Morgan fingerprint density at radius 2 is 2.00 bits per heavy atom. The van der Waals surface area contributed by atoms with Crippen molar-refractivity contribution in [2.75, 3.05) is 13.7 Å². The summed E-state index contributed by atoms with van der Waals surface area (Å²) in [6, 6.07) is 12.5. The van der Waals surface area contributed by atoms with E-state index < -0.39 is 0 Å². The fraction of sp³-hybridized carbons (Fsp3) is 0.267. The summed E-state index contributed by atoms with van der Waals surface area (Å²) in [7, 11) is 1.68. The Morgan fingerprint density at radius 3 is 2.67 bits per heavy atom. The molecule has 94 valence electrons. The van der Waals surface area contributed by atoms with E-state index in [0.717, 1.165) is 17.9 Å². The highest BCUT2D eigenvalue weighted by Gasteiger charge is 2.16. The van der Waals surface area contributed by atoms with Gasteiger partial charge in [-0.15, -0.1) is 0 Å². The van der Waals surface area contributed by atoms with E-state index in [-0.39, 0.29) is 6.04 Å². The van der Waals surface area contributed by atoms with Gasteiger partial charge in [-0.25, -0.2) is 0 Å². The fourth-order valence-corrected chi connectivity index (χ4v) is 2.06. The lowest BCUT2D eigenvalue weighted by molar-refractivity contribution is 0.402. The molecule has 2 aromatic rings. The average molecular weight is 242 g/mol. The zero-order valence-electron chi connectivity index (χ0n) is 10.8. The number of nitrogens with zero attached hydrogens (tertiary/aromatic N) is 1. The molecule has 18 heavy (non-hydrogen) atoms. The van der Waals surface area contributed by atoms with E-state index in [1.807, 2.05) is 24.3 Å². The van der Waals surface area contributed by atoms with Crippen LogP contribution in [0.5, 0.6) is 5.75 Å². The second-order valence-corrected chi connectivity index (χ2v) is 4.02. The van der Waals surface area contributed by atoms with Crippen LogP contribution in [0.2, 0.25) is 0 Å². The Kier molecular flexibility index (Phi) is 4.31. The van der Waals surface area contributed by atoms with Crippen molar-refractivity contribution in [2.45, 2.75) is 13.0 Å². The van der Waals surface area contributed by atoms with Gasteiger partial charge in [0.05, 0.1) is 19.3 Å². The molecule has 1 unspecified atom stereocenters. The Labute approximate surface area is 108 Å². The number of nitrogens with one attached hydrogen (secondary N) is 1. The molecule has 0 amide bonds. The number of ether oxygens (including phenoxy) is 1. The van der Waals surface area contributed by atoms with Crippen LogP contribution >= 0.6 is 0 Å². The Balaban J connectivity index is 2.41. The third-order valence-electron chi connectivity index (χ3n) is 2.89. The van der Waals surface area contributed by atoms with Gasteiger partial charge in [0.1, 0.15) is 5.75 Å². The van der Waals surface area contributed by atoms with Crippen LogP contribution in [0.3, 0.4) is 0 Å². The van der Waals surface area contributed by atoms with Gasteiger partial charge >= 0.3 is 0 Å². The highest BCUT2D eigenvalue weighted by atomic mass is 16.5. The first-order chi connectivity index (χ1) is 8.86. The molecule has 0 bridgehead atoms. The lowest BCUT2D eigenvalue weighted by atomic mass is 9.99. The standard InChI is InChI=1S/C15H18N2O/c1-3-17-15(12-7-5-4-6-8-12)13-9-10-16-11-14(13)18-2/h4-11,15,17H,3H2,1-2H3. The lowest BCUT2D eigenvalue weighted by Crippen LogP contribution is -2.22. The maximum atomic E-state index is 5.39. The van der Waals surface area contributed by atoms with Crippen LogP contribution in [0.25, 0.3) is 0 Å². The smallest absolute Gasteiger partial charge is 0.142 e. The van der Waals surface area contributed by atoms with Gasteiger partial charge in [-0.3, -0.25) is 4.98 Å². The van der Waals surface area contributed by atoms with Gasteiger partial charge < -0.3 is 10.1 Å². The van der Waals surface area contributed by atoms with E-state index in [0.29, 0.717) is 0 Å². The molecule has 0 saturated carbocycles. The maximum absolute atomic E-state index is 5.39. The van der Waals surface area contributed by atoms with E-state index in [1.165, 1.54) is 5.56 Å². The summed E-state index contributed by atoms with van der Waals surface area (Å²) in [5.41, 5.74) is 2.34. The second-order valence-electron chi connectivity index (χ2n) is 4.02. The first-order valence-electron chi connectivity index (χ1n) is 6.13. The number of benzene rings is 1. The SMILES string of the molecule is CCNC(c1ccccc1)c1ccncc1OC.